The molecule has 3 nitrogen and oxygen atoms in total. The standard InChI is InChI=1S/C19H22N2O.CH4/c22-19-16-6-2-4-14-3-1-5-15(18(14)16)11-21(19)17-12-20-9-7-13(17)8-10-20;/h2,4,6,11,13,17H,1,3,5,7-10,12H2;1H4/t17-;/m1./s1. The Balaban J connectivity index is 0.00000135. The van der Waals surface area contributed by atoms with Crippen LogP contribution in [0.3, 0.4) is 0 Å². The number of benzene rings is 1. The highest BCUT2D eigenvalue weighted by atomic mass is 16.1. The molecular formula is C20H26N2O. The molecule has 0 amide bonds. The number of piperidine rings is 3. The lowest BCUT2D eigenvalue weighted by Crippen LogP contribution is -2.50. The molecule has 3 saturated heterocycles. The van der Waals surface area contributed by atoms with Crippen LogP contribution in [-0.2, 0) is 12.8 Å². The zero-order valence-electron chi connectivity index (χ0n) is 12.9. The summed E-state index contributed by atoms with van der Waals surface area (Å²) >= 11 is 0. The van der Waals surface area contributed by atoms with Crippen molar-refractivity contribution in [3.8, 4) is 0 Å². The monoisotopic (exact) mass is 310 g/mol. The predicted molar refractivity (Wildman–Crippen MR) is 95.2 cm³/mol. The van der Waals surface area contributed by atoms with E-state index >= 15 is 0 Å². The van der Waals surface area contributed by atoms with Crippen LogP contribution in [0.1, 0.15) is 43.9 Å². The molecular weight excluding hydrogens is 284 g/mol. The van der Waals surface area contributed by atoms with Crippen molar-refractivity contribution in [1.29, 1.82) is 0 Å². The topological polar surface area (TPSA) is 25.2 Å². The van der Waals surface area contributed by atoms with Crippen LogP contribution in [0.5, 0.6) is 0 Å². The number of aromatic nitrogens is 1. The largest absolute Gasteiger partial charge is 0.310 e. The van der Waals surface area contributed by atoms with Crippen LogP contribution in [0, 0.1) is 5.92 Å². The van der Waals surface area contributed by atoms with Gasteiger partial charge in [-0.25, -0.2) is 0 Å². The third kappa shape index (κ3) is 2.17. The smallest absolute Gasteiger partial charge is 0.258 e. The van der Waals surface area contributed by atoms with E-state index in [4.69, 9.17) is 0 Å². The van der Waals surface area contributed by atoms with Crippen LogP contribution in [-0.4, -0.2) is 29.1 Å². The van der Waals surface area contributed by atoms with Crippen LogP contribution < -0.4 is 5.56 Å². The normalized spacial score (nSPS) is 28.6. The fraction of sp³-hybridized carbons (Fsp3) is 0.550. The number of nitrogens with zero attached hydrogens (tertiary/aromatic N) is 2. The molecule has 3 heteroatoms. The molecule has 2 aromatic rings. The fourth-order valence-electron chi connectivity index (χ4n) is 4.95. The SMILES string of the molecule is C.O=c1c2cccc3c2c(cn1[C@@H]1CN2CCC1CC2)CCC3. The highest BCUT2D eigenvalue weighted by Gasteiger charge is 2.36. The van der Waals surface area contributed by atoms with Crippen LogP contribution in [0.15, 0.2) is 29.2 Å². The van der Waals surface area contributed by atoms with Gasteiger partial charge < -0.3 is 9.47 Å². The molecule has 0 unspecified atom stereocenters. The molecule has 122 valence electrons. The maximum absolute atomic E-state index is 13.1. The molecule has 6 rings (SSSR count). The van der Waals surface area contributed by atoms with E-state index in [-0.39, 0.29) is 13.0 Å². The quantitative estimate of drug-likeness (QED) is 0.806. The lowest BCUT2D eigenvalue weighted by Gasteiger charge is -2.45. The molecule has 3 fully saturated rings. The first-order valence-electron chi connectivity index (χ1n) is 8.69. The Morgan fingerprint density at radius 1 is 1.04 bits per heavy atom. The summed E-state index contributed by atoms with van der Waals surface area (Å²) in [7, 11) is 0. The number of hydrogen-bond acceptors (Lipinski definition) is 2. The molecule has 0 spiro atoms. The average Bonchev–Trinajstić information content (AvgIpc) is 2.59. The zero-order chi connectivity index (χ0) is 14.7. The number of rotatable bonds is 1. The van der Waals surface area contributed by atoms with Gasteiger partial charge in [-0.3, -0.25) is 4.79 Å². The molecule has 1 aromatic heterocycles. The first kappa shape index (κ1) is 14.9. The van der Waals surface area contributed by atoms with E-state index in [0.717, 1.165) is 24.8 Å². The molecule has 0 saturated carbocycles. The summed E-state index contributed by atoms with van der Waals surface area (Å²) in [6, 6.07) is 6.69. The van der Waals surface area contributed by atoms with Crippen molar-refractivity contribution in [3.63, 3.8) is 0 Å². The third-order valence-electron chi connectivity index (χ3n) is 6.10. The molecule has 4 aliphatic rings. The Kier molecular flexibility index (Phi) is 3.56. The minimum atomic E-state index is 0. The van der Waals surface area contributed by atoms with E-state index in [1.807, 2.05) is 6.07 Å². The summed E-state index contributed by atoms with van der Waals surface area (Å²) in [4.78, 5) is 15.6. The van der Waals surface area contributed by atoms with Gasteiger partial charge >= 0.3 is 0 Å². The summed E-state index contributed by atoms with van der Waals surface area (Å²) < 4.78 is 2.10. The predicted octanol–water partition coefficient (Wildman–Crippen LogP) is 3.39. The average molecular weight is 310 g/mol. The lowest BCUT2D eigenvalue weighted by molar-refractivity contribution is 0.0555. The van der Waals surface area contributed by atoms with Gasteiger partial charge in [0.05, 0.1) is 6.04 Å². The van der Waals surface area contributed by atoms with Gasteiger partial charge in [0.15, 0.2) is 0 Å². The lowest BCUT2D eigenvalue weighted by atomic mass is 9.83. The van der Waals surface area contributed by atoms with Gasteiger partial charge in [-0.05, 0) is 73.7 Å². The summed E-state index contributed by atoms with van der Waals surface area (Å²) in [5.74, 6) is 0.694. The number of pyridine rings is 1. The van der Waals surface area contributed by atoms with Gasteiger partial charge in [0.2, 0.25) is 0 Å². The van der Waals surface area contributed by atoms with Crippen LogP contribution >= 0.6 is 0 Å². The van der Waals surface area contributed by atoms with Gasteiger partial charge in [0, 0.05) is 18.1 Å². The second kappa shape index (κ2) is 5.48. The fourth-order valence-corrected chi connectivity index (χ4v) is 4.95. The molecule has 0 N–H and O–H groups in total. The molecule has 23 heavy (non-hydrogen) atoms. The first-order valence-corrected chi connectivity index (χ1v) is 8.69. The van der Waals surface area contributed by atoms with Gasteiger partial charge in [-0.2, -0.15) is 0 Å². The highest BCUT2D eigenvalue weighted by molar-refractivity contribution is 5.88. The van der Waals surface area contributed by atoms with E-state index < -0.39 is 0 Å². The Morgan fingerprint density at radius 3 is 2.57 bits per heavy atom. The van der Waals surface area contributed by atoms with Crippen molar-refractivity contribution in [1.82, 2.24) is 9.47 Å². The van der Waals surface area contributed by atoms with E-state index in [9.17, 15) is 4.79 Å². The van der Waals surface area contributed by atoms with Crippen LogP contribution in [0.25, 0.3) is 10.8 Å². The Morgan fingerprint density at radius 2 is 1.83 bits per heavy atom. The van der Waals surface area contributed by atoms with Crippen molar-refractivity contribution < 1.29 is 0 Å². The van der Waals surface area contributed by atoms with Crippen LogP contribution in [0.4, 0.5) is 0 Å². The second-order valence-corrected chi connectivity index (χ2v) is 7.27. The Labute approximate surface area is 137 Å². The van der Waals surface area contributed by atoms with Crippen molar-refractivity contribution in [2.45, 2.75) is 45.6 Å². The Hall–Kier alpha value is -1.61. The van der Waals surface area contributed by atoms with Gasteiger partial charge in [-0.1, -0.05) is 19.6 Å². The molecule has 2 bridgehead atoms. The van der Waals surface area contributed by atoms with Crippen molar-refractivity contribution in [2.24, 2.45) is 5.92 Å². The maximum Gasteiger partial charge on any atom is 0.258 e. The third-order valence-corrected chi connectivity index (χ3v) is 6.10. The molecule has 4 heterocycles. The number of aryl methyl sites for hydroxylation is 2. The maximum atomic E-state index is 13.1. The Bertz CT molecular complexity index is 799. The summed E-state index contributed by atoms with van der Waals surface area (Å²) in [5.41, 5.74) is 3.01. The molecule has 1 aromatic carbocycles. The van der Waals surface area contributed by atoms with Crippen molar-refractivity contribution >= 4 is 10.8 Å². The van der Waals surface area contributed by atoms with Gasteiger partial charge in [0.25, 0.3) is 5.56 Å². The van der Waals surface area contributed by atoms with E-state index in [1.165, 1.54) is 48.9 Å². The van der Waals surface area contributed by atoms with Gasteiger partial charge in [0.1, 0.15) is 0 Å². The number of hydrogen-bond donors (Lipinski definition) is 0. The van der Waals surface area contributed by atoms with Crippen molar-refractivity contribution in [3.05, 3.63) is 45.9 Å². The van der Waals surface area contributed by atoms with E-state index in [0.29, 0.717) is 12.0 Å². The summed E-state index contributed by atoms with van der Waals surface area (Å²) in [6.45, 7) is 3.51. The number of fused-ring (bicyclic) bond motifs is 3. The van der Waals surface area contributed by atoms with E-state index in [1.54, 1.807) is 0 Å². The molecule has 3 aliphatic heterocycles. The minimum Gasteiger partial charge on any atom is -0.310 e. The minimum absolute atomic E-state index is 0. The van der Waals surface area contributed by atoms with E-state index in [2.05, 4.69) is 27.8 Å². The molecule has 1 atom stereocenters. The van der Waals surface area contributed by atoms with Gasteiger partial charge in [-0.15, -0.1) is 0 Å². The first-order chi connectivity index (χ1) is 10.8. The second-order valence-electron chi connectivity index (χ2n) is 7.27. The highest BCUT2D eigenvalue weighted by Crippen LogP contribution is 2.36. The van der Waals surface area contributed by atoms with Crippen molar-refractivity contribution in [2.75, 3.05) is 19.6 Å². The molecule has 1 aliphatic carbocycles. The summed E-state index contributed by atoms with van der Waals surface area (Å²) in [6.07, 6.45) is 8.17. The zero-order valence-corrected chi connectivity index (χ0v) is 12.9. The summed E-state index contributed by atoms with van der Waals surface area (Å²) in [5, 5.41) is 2.21. The molecule has 0 radical (unpaired) electrons. The van der Waals surface area contributed by atoms with Crippen LogP contribution in [0.2, 0.25) is 0 Å².